The molecule has 1 atom stereocenters. The zero-order valence-electron chi connectivity index (χ0n) is 15.9. The van der Waals surface area contributed by atoms with E-state index in [0.717, 1.165) is 0 Å². The van der Waals surface area contributed by atoms with Gasteiger partial charge in [0.2, 0.25) is 17.6 Å². The number of primary amides is 1. The molecule has 2 aromatic carbocycles. The number of nitrogens with one attached hydrogen (secondary N) is 1. The lowest BCUT2D eigenvalue weighted by atomic mass is 10.1. The molecule has 1 unspecified atom stereocenters. The number of aromatic nitrogens is 2. The molecule has 152 valence electrons. The summed E-state index contributed by atoms with van der Waals surface area (Å²) in [4.78, 5) is 28.9. The fraction of sp³-hybridized carbons (Fsp3) is 0.150. The molecular formula is C20H17FN6O3. The molecule has 1 aromatic heterocycles. The predicted molar refractivity (Wildman–Crippen MR) is 107 cm³/mol. The SMILES string of the molecule is Cc1nc(-c2ccccc2NC(=O)C2=NN(c3ccc(F)cc3)C(C(N)=O)C2)no1. The molecule has 0 spiro atoms. The van der Waals surface area contributed by atoms with Gasteiger partial charge in [0.15, 0.2) is 0 Å². The van der Waals surface area contributed by atoms with Crippen LogP contribution in [0.3, 0.4) is 0 Å². The van der Waals surface area contributed by atoms with Crippen molar-refractivity contribution in [2.75, 3.05) is 10.3 Å². The van der Waals surface area contributed by atoms with Crippen LogP contribution in [0.25, 0.3) is 11.4 Å². The molecule has 3 aromatic rings. The normalized spacial score (nSPS) is 15.7. The van der Waals surface area contributed by atoms with E-state index >= 15 is 0 Å². The van der Waals surface area contributed by atoms with Gasteiger partial charge in [0.1, 0.15) is 17.6 Å². The molecule has 0 fully saturated rings. The van der Waals surface area contributed by atoms with Gasteiger partial charge >= 0.3 is 0 Å². The van der Waals surface area contributed by atoms with Crippen molar-refractivity contribution in [2.45, 2.75) is 19.4 Å². The van der Waals surface area contributed by atoms with E-state index in [1.165, 1.54) is 29.3 Å². The van der Waals surface area contributed by atoms with E-state index in [1.54, 1.807) is 31.2 Å². The number of para-hydroxylation sites is 1. The molecule has 0 saturated heterocycles. The molecule has 10 heteroatoms. The Morgan fingerprint density at radius 1 is 1.20 bits per heavy atom. The number of nitrogens with two attached hydrogens (primary N) is 1. The molecule has 0 bridgehead atoms. The first-order valence-corrected chi connectivity index (χ1v) is 9.05. The number of hydrogen-bond acceptors (Lipinski definition) is 7. The first kappa shape index (κ1) is 19.2. The van der Waals surface area contributed by atoms with Gasteiger partial charge in [-0.2, -0.15) is 10.1 Å². The van der Waals surface area contributed by atoms with Gasteiger partial charge in [0.25, 0.3) is 5.91 Å². The van der Waals surface area contributed by atoms with Crippen molar-refractivity contribution in [3.63, 3.8) is 0 Å². The number of aryl methyl sites for hydroxylation is 1. The Hall–Kier alpha value is -4.08. The summed E-state index contributed by atoms with van der Waals surface area (Å²) >= 11 is 0. The van der Waals surface area contributed by atoms with Crippen LogP contribution in [0.4, 0.5) is 15.8 Å². The summed E-state index contributed by atoms with van der Waals surface area (Å²) in [7, 11) is 0. The molecule has 9 nitrogen and oxygen atoms in total. The number of halogens is 1. The van der Waals surface area contributed by atoms with Crippen LogP contribution in [0.1, 0.15) is 12.3 Å². The van der Waals surface area contributed by atoms with Gasteiger partial charge < -0.3 is 15.6 Å². The van der Waals surface area contributed by atoms with E-state index in [-0.39, 0.29) is 12.1 Å². The zero-order chi connectivity index (χ0) is 21.3. The largest absolute Gasteiger partial charge is 0.368 e. The molecule has 2 heterocycles. The summed E-state index contributed by atoms with van der Waals surface area (Å²) in [6.45, 7) is 1.67. The first-order valence-electron chi connectivity index (χ1n) is 9.05. The lowest BCUT2D eigenvalue weighted by molar-refractivity contribution is -0.119. The highest BCUT2D eigenvalue weighted by atomic mass is 19.1. The summed E-state index contributed by atoms with van der Waals surface area (Å²) in [5, 5.41) is 12.2. The van der Waals surface area contributed by atoms with Crippen molar-refractivity contribution in [3.05, 3.63) is 60.2 Å². The zero-order valence-corrected chi connectivity index (χ0v) is 15.9. The highest BCUT2D eigenvalue weighted by Crippen LogP contribution is 2.28. The number of nitrogens with zero attached hydrogens (tertiary/aromatic N) is 4. The number of carbonyl (C=O) groups excluding carboxylic acids is 2. The number of anilines is 2. The quantitative estimate of drug-likeness (QED) is 0.667. The van der Waals surface area contributed by atoms with Gasteiger partial charge in [0.05, 0.1) is 11.4 Å². The summed E-state index contributed by atoms with van der Waals surface area (Å²) < 4.78 is 18.2. The predicted octanol–water partition coefficient (Wildman–Crippen LogP) is 2.24. The molecule has 1 aliphatic heterocycles. The summed E-state index contributed by atoms with van der Waals surface area (Å²) in [5.74, 6) is -0.846. The smallest absolute Gasteiger partial charge is 0.271 e. The highest BCUT2D eigenvalue weighted by Gasteiger charge is 2.35. The van der Waals surface area contributed by atoms with Gasteiger partial charge in [0, 0.05) is 18.9 Å². The Bertz CT molecular complexity index is 1140. The molecule has 30 heavy (non-hydrogen) atoms. The van der Waals surface area contributed by atoms with E-state index in [2.05, 4.69) is 20.6 Å². The van der Waals surface area contributed by atoms with Gasteiger partial charge in [-0.1, -0.05) is 17.3 Å². The fourth-order valence-corrected chi connectivity index (χ4v) is 3.09. The maximum absolute atomic E-state index is 13.2. The highest BCUT2D eigenvalue weighted by molar-refractivity contribution is 6.44. The molecule has 0 radical (unpaired) electrons. The Balaban J connectivity index is 1.60. The molecule has 1 aliphatic rings. The number of benzene rings is 2. The van der Waals surface area contributed by atoms with Crippen LogP contribution in [-0.4, -0.2) is 33.7 Å². The summed E-state index contributed by atoms with van der Waals surface area (Å²) in [6.07, 6.45) is 0.0159. The third-order valence-corrected chi connectivity index (χ3v) is 4.54. The third-order valence-electron chi connectivity index (χ3n) is 4.54. The van der Waals surface area contributed by atoms with E-state index in [0.29, 0.717) is 28.7 Å². The van der Waals surface area contributed by atoms with E-state index in [4.69, 9.17) is 10.3 Å². The Morgan fingerprint density at radius 2 is 1.93 bits per heavy atom. The van der Waals surface area contributed by atoms with E-state index in [1.807, 2.05) is 0 Å². The fourth-order valence-electron chi connectivity index (χ4n) is 3.09. The van der Waals surface area contributed by atoms with Crippen LogP contribution in [0.5, 0.6) is 0 Å². The van der Waals surface area contributed by atoms with Crippen molar-refractivity contribution in [1.82, 2.24) is 10.1 Å². The van der Waals surface area contributed by atoms with Crippen molar-refractivity contribution in [2.24, 2.45) is 10.8 Å². The van der Waals surface area contributed by atoms with Crippen LogP contribution >= 0.6 is 0 Å². The molecule has 4 rings (SSSR count). The molecule has 3 N–H and O–H groups in total. The van der Waals surface area contributed by atoms with Crippen molar-refractivity contribution in [1.29, 1.82) is 0 Å². The second-order valence-electron chi connectivity index (χ2n) is 6.63. The maximum atomic E-state index is 13.2. The van der Waals surface area contributed by atoms with Gasteiger partial charge in [-0.25, -0.2) is 4.39 Å². The average Bonchev–Trinajstić information content (AvgIpc) is 3.36. The van der Waals surface area contributed by atoms with Gasteiger partial charge in [-0.15, -0.1) is 0 Å². The second-order valence-corrected chi connectivity index (χ2v) is 6.63. The van der Waals surface area contributed by atoms with Crippen molar-refractivity contribution in [3.8, 4) is 11.4 Å². The number of hydrogen-bond donors (Lipinski definition) is 2. The van der Waals surface area contributed by atoms with Crippen molar-refractivity contribution < 1.29 is 18.5 Å². The lowest BCUT2D eigenvalue weighted by Crippen LogP contribution is -2.39. The lowest BCUT2D eigenvalue weighted by Gasteiger charge is -2.20. The molecule has 0 saturated carbocycles. The molecule has 0 aliphatic carbocycles. The second kappa shape index (κ2) is 7.74. The van der Waals surface area contributed by atoms with Gasteiger partial charge in [-0.05, 0) is 36.4 Å². The molecular weight excluding hydrogens is 391 g/mol. The van der Waals surface area contributed by atoms with Crippen LogP contribution in [-0.2, 0) is 9.59 Å². The first-order chi connectivity index (χ1) is 14.4. The minimum atomic E-state index is -0.855. The van der Waals surface area contributed by atoms with Crippen LogP contribution < -0.4 is 16.1 Å². The average molecular weight is 408 g/mol. The van der Waals surface area contributed by atoms with Crippen molar-refractivity contribution >= 4 is 28.9 Å². The minimum absolute atomic E-state index is 0.0159. The number of amides is 2. The standard InChI is InChI=1S/C20H17FN6O3/c1-11-23-19(26-30-11)14-4-2-3-5-15(14)24-20(29)16-10-17(18(22)28)27(25-16)13-8-6-12(21)7-9-13/h2-9,17H,10H2,1H3,(H2,22,28)(H,24,29). The van der Waals surface area contributed by atoms with E-state index < -0.39 is 23.7 Å². The monoisotopic (exact) mass is 408 g/mol. The van der Waals surface area contributed by atoms with Crippen LogP contribution in [0, 0.1) is 12.7 Å². The topological polar surface area (TPSA) is 127 Å². The number of rotatable bonds is 5. The van der Waals surface area contributed by atoms with Crippen LogP contribution in [0.2, 0.25) is 0 Å². The Morgan fingerprint density at radius 3 is 2.60 bits per heavy atom. The van der Waals surface area contributed by atoms with Gasteiger partial charge in [-0.3, -0.25) is 14.6 Å². The maximum Gasteiger partial charge on any atom is 0.271 e. The third kappa shape index (κ3) is 3.75. The summed E-state index contributed by atoms with van der Waals surface area (Å²) in [5.41, 5.74) is 7.08. The van der Waals surface area contributed by atoms with E-state index in [9.17, 15) is 14.0 Å². The molecule has 2 amide bonds. The Kier molecular flexibility index (Phi) is 4.97. The minimum Gasteiger partial charge on any atom is -0.368 e. The number of carbonyl (C=O) groups is 2. The number of hydrazone groups is 1. The van der Waals surface area contributed by atoms with Crippen LogP contribution in [0.15, 0.2) is 58.2 Å². The summed E-state index contributed by atoms with van der Waals surface area (Å²) in [6, 6.07) is 11.5. The Labute approximate surface area is 170 Å².